The number of aromatic nitrogens is 2. The number of hydrogen-bond acceptors (Lipinski definition) is 3. The van der Waals surface area contributed by atoms with Gasteiger partial charge in [0.2, 0.25) is 0 Å². The summed E-state index contributed by atoms with van der Waals surface area (Å²) in [6.07, 6.45) is 1.62. The molecular formula is C20H21N3O2. The molecule has 0 unspecified atom stereocenters. The summed E-state index contributed by atoms with van der Waals surface area (Å²) in [4.78, 5) is 32.0. The number of nitrogens with one attached hydrogen (secondary N) is 2. The quantitative estimate of drug-likeness (QED) is 0.699. The predicted molar refractivity (Wildman–Crippen MR) is 99.0 cm³/mol. The van der Waals surface area contributed by atoms with Crippen LogP contribution in [0, 0.1) is 12.3 Å². The summed E-state index contributed by atoms with van der Waals surface area (Å²) in [5.41, 5.74) is 2.52. The van der Waals surface area contributed by atoms with Crippen LogP contribution < -0.4 is 5.32 Å². The Balaban J connectivity index is 1.85. The second kappa shape index (κ2) is 6.16. The molecule has 5 heteroatoms. The van der Waals surface area contributed by atoms with Crippen molar-refractivity contribution in [1.29, 1.82) is 0 Å². The Bertz CT molecular complexity index is 947. The van der Waals surface area contributed by atoms with Crippen LogP contribution in [0.15, 0.2) is 42.6 Å². The normalized spacial score (nSPS) is 11.5. The highest BCUT2D eigenvalue weighted by Crippen LogP contribution is 2.24. The molecule has 1 amide bonds. The highest BCUT2D eigenvalue weighted by atomic mass is 16.1. The van der Waals surface area contributed by atoms with E-state index in [1.54, 1.807) is 30.5 Å². The summed E-state index contributed by atoms with van der Waals surface area (Å²) in [6.45, 7) is 7.62. The molecule has 3 aromatic rings. The third-order valence-corrected chi connectivity index (χ3v) is 3.99. The minimum absolute atomic E-state index is 0.0361. The number of fused-ring (bicyclic) bond motifs is 1. The van der Waals surface area contributed by atoms with Gasteiger partial charge in [-0.3, -0.25) is 9.59 Å². The molecule has 0 fully saturated rings. The zero-order chi connectivity index (χ0) is 18.2. The minimum atomic E-state index is -0.462. The maximum Gasteiger partial charge on any atom is 0.256 e. The Morgan fingerprint density at radius 2 is 1.76 bits per heavy atom. The molecule has 2 aromatic heterocycles. The van der Waals surface area contributed by atoms with Crippen molar-refractivity contribution in [1.82, 2.24) is 9.97 Å². The van der Waals surface area contributed by atoms with Gasteiger partial charge in [0.25, 0.3) is 5.91 Å². The molecule has 25 heavy (non-hydrogen) atoms. The number of aryl methyl sites for hydroxylation is 1. The topological polar surface area (TPSA) is 74.8 Å². The Hall–Kier alpha value is -2.95. The molecular weight excluding hydrogens is 314 g/mol. The molecule has 0 aliphatic carbocycles. The largest absolute Gasteiger partial charge is 0.351 e. The van der Waals surface area contributed by atoms with Crippen molar-refractivity contribution >= 4 is 28.4 Å². The van der Waals surface area contributed by atoms with Gasteiger partial charge in [-0.2, -0.15) is 0 Å². The number of anilines is 1. The standard InChI is InChI=1S/C20H21N3O2/c1-12-5-7-13(8-6-12)19(25)23-17-10-14-9-15(18(24)20(2,3)4)22-16(14)11-21-17/h5-11,22H,1-4H3,(H,21,23,25). The van der Waals surface area contributed by atoms with E-state index < -0.39 is 5.41 Å². The van der Waals surface area contributed by atoms with Crippen molar-refractivity contribution in [2.24, 2.45) is 5.41 Å². The fraction of sp³-hybridized carbons (Fsp3) is 0.250. The van der Waals surface area contributed by atoms with Crippen molar-refractivity contribution in [3.8, 4) is 0 Å². The smallest absolute Gasteiger partial charge is 0.256 e. The zero-order valence-corrected chi connectivity index (χ0v) is 14.8. The Morgan fingerprint density at radius 1 is 1.08 bits per heavy atom. The van der Waals surface area contributed by atoms with Crippen molar-refractivity contribution < 1.29 is 9.59 Å². The van der Waals surface area contributed by atoms with Gasteiger partial charge in [-0.15, -0.1) is 0 Å². The van der Waals surface area contributed by atoms with Crippen LogP contribution in [0.3, 0.4) is 0 Å². The number of Topliss-reactive ketones (excluding diaryl/α,β-unsaturated/α-hetero) is 1. The van der Waals surface area contributed by atoms with Crippen molar-refractivity contribution in [3.05, 3.63) is 59.4 Å². The van der Waals surface area contributed by atoms with Gasteiger partial charge in [0, 0.05) is 16.4 Å². The monoisotopic (exact) mass is 335 g/mol. The number of pyridine rings is 1. The first kappa shape index (κ1) is 16.9. The number of carbonyl (C=O) groups excluding carboxylic acids is 2. The molecule has 0 saturated heterocycles. The van der Waals surface area contributed by atoms with Crippen molar-refractivity contribution in [2.75, 3.05) is 5.32 Å². The number of rotatable bonds is 3. The van der Waals surface area contributed by atoms with Gasteiger partial charge in [0.15, 0.2) is 5.78 Å². The SMILES string of the molecule is Cc1ccc(C(=O)Nc2cc3cc(C(=O)C(C)(C)C)[nH]c3cn2)cc1. The van der Waals surface area contributed by atoms with E-state index in [9.17, 15) is 9.59 Å². The number of hydrogen-bond donors (Lipinski definition) is 2. The first-order valence-electron chi connectivity index (χ1n) is 8.15. The third kappa shape index (κ3) is 3.60. The predicted octanol–water partition coefficient (Wildman–Crippen LogP) is 4.35. The maximum absolute atomic E-state index is 12.4. The van der Waals surface area contributed by atoms with Crippen LogP contribution in [-0.2, 0) is 0 Å². The number of nitrogens with zero attached hydrogens (tertiary/aromatic N) is 1. The number of benzene rings is 1. The van der Waals surface area contributed by atoms with Gasteiger partial charge in [0.1, 0.15) is 5.82 Å². The third-order valence-electron chi connectivity index (χ3n) is 3.99. The fourth-order valence-electron chi connectivity index (χ4n) is 2.52. The van der Waals surface area contributed by atoms with E-state index in [1.165, 1.54) is 0 Å². The van der Waals surface area contributed by atoms with E-state index in [-0.39, 0.29) is 11.7 Å². The van der Waals surface area contributed by atoms with E-state index in [0.29, 0.717) is 17.1 Å². The molecule has 2 heterocycles. The van der Waals surface area contributed by atoms with Gasteiger partial charge in [-0.1, -0.05) is 38.5 Å². The van der Waals surface area contributed by atoms with E-state index in [4.69, 9.17) is 0 Å². The number of aromatic amines is 1. The lowest BCUT2D eigenvalue weighted by atomic mass is 9.89. The lowest BCUT2D eigenvalue weighted by Crippen LogP contribution is -2.20. The van der Waals surface area contributed by atoms with E-state index in [1.807, 2.05) is 39.8 Å². The molecule has 0 aliphatic heterocycles. The fourth-order valence-corrected chi connectivity index (χ4v) is 2.52. The van der Waals surface area contributed by atoms with Crippen molar-refractivity contribution in [3.63, 3.8) is 0 Å². The highest BCUT2D eigenvalue weighted by Gasteiger charge is 2.24. The van der Waals surface area contributed by atoms with E-state index in [0.717, 1.165) is 16.5 Å². The number of H-pyrrole nitrogens is 1. The molecule has 1 aromatic carbocycles. The second-order valence-corrected chi connectivity index (χ2v) is 7.24. The van der Waals surface area contributed by atoms with Crippen LogP contribution in [-0.4, -0.2) is 21.7 Å². The van der Waals surface area contributed by atoms with Gasteiger partial charge >= 0.3 is 0 Å². The minimum Gasteiger partial charge on any atom is -0.351 e. The first-order chi connectivity index (χ1) is 11.7. The molecule has 128 valence electrons. The van der Waals surface area contributed by atoms with Crippen LogP contribution in [0.5, 0.6) is 0 Å². The Labute approximate surface area is 146 Å². The summed E-state index contributed by atoms with van der Waals surface area (Å²) < 4.78 is 0. The molecule has 0 radical (unpaired) electrons. The maximum atomic E-state index is 12.4. The molecule has 2 N–H and O–H groups in total. The summed E-state index contributed by atoms with van der Waals surface area (Å²) in [5.74, 6) is 0.272. The molecule has 0 saturated carbocycles. The lowest BCUT2D eigenvalue weighted by Gasteiger charge is -2.14. The molecule has 0 spiro atoms. The summed E-state index contributed by atoms with van der Waals surface area (Å²) >= 11 is 0. The molecule has 5 nitrogen and oxygen atoms in total. The molecule has 0 aliphatic rings. The number of carbonyl (C=O) groups is 2. The van der Waals surface area contributed by atoms with Gasteiger partial charge < -0.3 is 10.3 Å². The zero-order valence-electron chi connectivity index (χ0n) is 14.8. The number of amides is 1. The lowest BCUT2D eigenvalue weighted by molar-refractivity contribution is 0.0853. The van der Waals surface area contributed by atoms with Crippen LogP contribution >= 0.6 is 0 Å². The number of ketones is 1. The average Bonchev–Trinajstić information content (AvgIpc) is 2.96. The van der Waals surface area contributed by atoms with Crippen LogP contribution in [0.2, 0.25) is 0 Å². The van der Waals surface area contributed by atoms with E-state index >= 15 is 0 Å². The Morgan fingerprint density at radius 3 is 2.40 bits per heavy atom. The molecule has 0 atom stereocenters. The van der Waals surface area contributed by atoms with E-state index in [2.05, 4.69) is 15.3 Å². The van der Waals surface area contributed by atoms with Crippen LogP contribution in [0.4, 0.5) is 5.82 Å². The van der Waals surface area contributed by atoms with Gasteiger partial charge in [-0.05, 0) is 31.2 Å². The van der Waals surface area contributed by atoms with Gasteiger partial charge in [-0.25, -0.2) is 4.98 Å². The summed E-state index contributed by atoms with van der Waals surface area (Å²) in [5, 5.41) is 3.62. The molecule has 0 bridgehead atoms. The van der Waals surface area contributed by atoms with Crippen molar-refractivity contribution in [2.45, 2.75) is 27.7 Å². The average molecular weight is 335 g/mol. The van der Waals surface area contributed by atoms with Crippen LogP contribution in [0.1, 0.15) is 47.2 Å². The Kier molecular flexibility index (Phi) is 4.17. The molecule has 3 rings (SSSR count). The van der Waals surface area contributed by atoms with Gasteiger partial charge in [0.05, 0.1) is 17.4 Å². The first-order valence-corrected chi connectivity index (χ1v) is 8.15. The van der Waals surface area contributed by atoms with Crippen LogP contribution in [0.25, 0.3) is 10.9 Å². The highest BCUT2D eigenvalue weighted by molar-refractivity contribution is 6.05. The summed E-state index contributed by atoms with van der Waals surface area (Å²) in [7, 11) is 0. The second-order valence-electron chi connectivity index (χ2n) is 7.24. The summed E-state index contributed by atoms with van der Waals surface area (Å²) in [6, 6.07) is 10.9.